The van der Waals surface area contributed by atoms with Gasteiger partial charge in [0.25, 0.3) is 0 Å². The van der Waals surface area contributed by atoms with Crippen molar-refractivity contribution in [3.63, 3.8) is 0 Å². The number of hydrogen-bond donors (Lipinski definition) is 1. The third-order valence-electron chi connectivity index (χ3n) is 4.85. The monoisotopic (exact) mass is 413 g/mol. The maximum atomic E-state index is 14.0. The summed E-state index contributed by atoms with van der Waals surface area (Å²) in [5.74, 6) is -1.54. The molecule has 0 radical (unpaired) electrons. The van der Waals surface area contributed by atoms with Gasteiger partial charge in [0.1, 0.15) is 11.5 Å². The molecule has 0 spiro atoms. The number of esters is 2. The number of para-hydroxylation sites is 1. The molecule has 30 heavy (non-hydrogen) atoms. The molecule has 0 atom stereocenters. The molecule has 1 fully saturated rings. The van der Waals surface area contributed by atoms with Gasteiger partial charge in [-0.1, -0.05) is 12.1 Å². The van der Waals surface area contributed by atoms with E-state index in [0.717, 1.165) is 37.9 Å². The molecule has 0 bridgehead atoms. The summed E-state index contributed by atoms with van der Waals surface area (Å²) in [6.45, 7) is 2.96. The molecule has 0 unspecified atom stereocenters. The summed E-state index contributed by atoms with van der Waals surface area (Å²) >= 11 is 0. The standard InChI is InChI=1S/C22H24FN3O4/c1-29-21(27)15-19(22(28)30-2)24-16-7-9-17(10-8-16)25-11-13-26(14-12-25)20-6-4-3-5-18(20)23/h3-10,15,24H,11-14H2,1-2H3/b19-15+. The van der Waals surface area contributed by atoms with Crippen molar-refractivity contribution in [1.82, 2.24) is 0 Å². The highest BCUT2D eigenvalue weighted by Crippen LogP contribution is 2.24. The van der Waals surface area contributed by atoms with Gasteiger partial charge < -0.3 is 24.6 Å². The van der Waals surface area contributed by atoms with Crippen LogP contribution in [0.25, 0.3) is 0 Å². The topological polar surface area (TPSA) is 71.1 Å². The molecule has 1 saturated heterocycles. The lowest BCUT2D eigenvalue weighted by atomic mass is 10.2. The molecule has 0 aromatic heterocycles. The third-order valence-corrected chi connectivity index (χ3v) is 4.85. The lowest BCUT2D eigenvalue weighted by Crippen LogP contribution is -2.46. The zero-order chi connectivity index (χ0) is 21.5. The van der Waals surface area contributed by atoms with Crippen LogP contribution in [0.5, 0.6) is 0 Å². The summed E-state index contributed by atoms with van der Waals surface area (Å²) in [7, 11) is 2.47. The van der Waals surface area contributed by atoms with Gasteiger partial charge in [-0.3, -0.25) is 0 Å². The van der Waals surface area contributed by atoms with E-state index >= 15 is 0 Å². The van der Waals surface area contributed by atoms with Crippen LogP contribution in [0.15, 0.2) is 60.3 Å². The quantitative estimate of drug-likeness (QED) is 0.577. The summed E-state index contributed by atoms with van der Waals surface area (Å²) in [6, 6.07) is 14.3. The van der Waals surface area contributed by atoms with Crippen LogP contribution in [0, 0.1) is 5.82 Å². The summed E-state index contributed by atoms with van der Waals surface area (Å²) in [5, 5.41) is 2.88. The van der Waals surface area contributed by atoms with E-state index in [2.05, 4.69) is 19.7 Å². The number of methoxy groups -OCH3 is 2. The van der Waals surface area contributed by atoms with E-state index < -0.39 is 11.9 Å². The van der Waals surface area contributed by atoms with Crippen molar-refractivity contribution in [3.8, 4) is 0 Å². The Hall–Kier alpha value is -3.55. The SMILES string of the molecule is COC(=O)/C=C(/Nc1ccc(N2CCN(c3ccccc3F)CC2)cc1)C(=O)OC. The Morgan fingerprint density at radius 2 is 1.57 bits per heavy atom. The van der Waals surface area contributed by atoms with Crippen molar-refractivity contribution in [1.29, 1.82) is 0 Å². The van der Waals surface area contributed by atoms with E-state index in [1.807, 2.05) is 35.2 Å². The molecule has 2 aromatic rings. The van der Waals surface area contributed by atoms with Gasteiger partial charge in [0.05, 0.1) is 26.0 Å². The first-order valence-electron chi connectivity index (χ1n) is 9.51. The fourth-order valence-electron chi connectivity index (χ4n) is 3.26. The zero-order valence-corrected chi connectivity index (χ0v) is 16.9. The highest BCUT2D eigenvalue weighted by atomic mass is 19.1. The Labute approximate surface area is 174 Å². The molecule has 158 valence electrons. The lowest BCUT2D eigenvalue weighted by molar-refractivity contribution is -0.138. The number of hydrogen-bond acceptors (Lipinski definition) is 7. The normalized spacial score (nSPS) is 14.3. The van der Waals surface area contributed by atoms with Gasteiger partial charge in [-0.05, 0) is 36.4 Å². The molecule has 7 nitrogen and oxygen atoms in total. The second-order valence-corrected chi connectivity index (χ2v) is 6.67. The van der Waals surface area contributed by atoms with Crippen molar-refractivity contribution >= 4 is 29.0 Å². The molecule has 1 aliphatic heterocycles. The molecule has 0 amide bonds. The van der Waals surface area contributed by atoms with E-state index in [1.165, 1.54) is 20.3 Å². The van der Waals surface area contributed by atoms with E-state index in [4.69, 9.17) is 0 Å². The van der Waals surface area contributed by atoms with E-state index in [9.17, 15) is 14.0 Å². The van der Waals surface area contributed by atoms with Gasteiger partial charge in [-0.15, -0.1) is 0 Å². The second-order valence-electron chi connectivity index (χ2n) is 6.67. The van der Waals surface area contributed by atoms with E-state index in [1.54, 1.807) is 12.1 Å². The predicted molar refractivity (Wildman–Crippen MR) is 113 cm³/mol. The first-order valence-corrected chi connectivity index (χ1v) is 9.51. The largest absolute Gasteiger partial charge is 0.466 e. The van der Waals surface area contributed by atoms with Crippen LogP contribution in [-0.4, -0.2) is 52.3 Å². The van der Waals surface area contributed by atoms with Crippen molar-refractivity contribution in [2.75, 3.05) is 55.5 Å². The Bertz CT molecular complexity index is 922. The fourth-order valence-corrected chi connectivity index (χ4v) is 3.26. The predicted octanol–water partition coefficient (Wildman–Crippen LogP) is 2.79. The minimum absolute atomic E-state index is 0.0180. The molecular formula is C22H24FN3O4. The van der Waals surface area contributed by atoms with Crippen molar-refractivity contribution in [2.45, 2.75) is 0 Å². The van der Waals surface area contributed by atoms with Gasteiger partial charge in [0, 0.05) is 37.6 Å². The van der Waals surface area contributed by atoms with Gasteiger partial charge in [-0.2, -0.15) is 0 Å². The maximum absolute atomic E-state index is 14.0. The van der Waals surface area contributed by atoms with Crippen molar-refractivity contribution in [2.24, 2.45) is 0 Å². The zero-order valence-electron chi connectivity index (χ0n) is 16.9. The summed E-state index contributed by atoms with van der Waals surface area (Å²) in [6.07, 6.45) is 1.04. The van der Waals surface area contributed by atoms with Crippen LogP contribution in [-0.2, 0) is 19.1 Å². The number of nitrogens with one attached hydrogen (secondary N) is 1. The van der Waals surface area contributed by atoms with Crippen LogP contribution in [0.4, 0.5) is 21.5 Å². The smallest absolute Gasteiger partial charge is 0.354 e. The van der Waals surface area contributed by atoms with Crippen LogP contribution in [0.3, 0.4) is 0 Å². The Morgan fingerprint density at radius 3 is 2.17 bits per heavy atom. The van der Waals surface area contributed by atoms with Gasteiger partial charge in [0.15, 0.2) is 0 Å². The second kappa shape index (κ2) is 9.78. The molecule has 1 N–H and O–H groups in total. The minimum Gasteiger partial charge on any atom is -0.466 e. The van der Waals surface area contributed by atoms with Gasteiger partial charge in [-0.25, -0.2) is 14.0 Å². The minimum atomic E-state index is -0.672. The number of rotatable bonds is 6. The highest BCUT2D eigenvalue weighted by Gasteiger charge is 2.19. The average molecular weight is 413 g/mol. The van der Waals surface area contributed by atoms with Crippen LogP contribution < -0.4 is 15.1 Å². The molecule has 2 aromatic carbocycles. The van der Waals surface area contributed by atoms with Crippen molar-refractivity contribution < 1.29 is 23.5 Å². The maximum Gasteiger partial charge on any atom is 0.354 e. The molecule has 0 saturated carbocycles. The molecule has 1 heterocycles. The number of anilines is 3. The molecule has 8 heteroatoms. The number of ether oxygens (including phenoxy) is 2. The first kappa shape index (κ1) is 21.2. The number of carbonyl (C=O) groups is 2. The summed E-state index contributed by atoms with van der Waals surface area (Å²) in [5.41, 5.74) is 2.26. The molecule has 0 aliphatic carbocycles. The number of carbonyl (C=O) groups excluding carboxylic acids is 2. The van der Waals surface area contributed by atoms with Gasteiger partial charge >= 0.3 is 11.9 Å². The highest BCUT2D eigenvalue weighted by molar-refractivity contribution is 5.98. The third kappa shape index (κ3) is 5.08. The number of piperazine rings is 1. The van der Waals surface area contributed by atoms with Gasteiger partial charge in [0.2, 0.25) is 0 Å². The van der Waals surface area contributed by atoms with E-state index in [-0.39, 0.29) is 11.5 Å². The van der Waals surface area contributed by atoms with Crippen LogP contribution >= 0.6 is 0 Å². The van der Waals surface area contributed by atoms with E-state index in [0.29, 0.717) is 11.4 Å². The Balaban J connectivity index is 1.63. The molecule has 1 aliphatic rings. The Kier molecular flexibility index (Phi) is 6.90. The summed E-state index contributed by atoms with van der Waals surface area (Å²) < 4.78 is 23.2. The fraction of sp³-hybridized carbons (Fsp3) is 0.273. The molecule has 3 rings (SSSR count). The van der Waals surface area contributed by atoms with Crippen molar-refractivity contribution in [3.05, 3.63) is 66.1 Å². The molecular weight excluding hydrogens is 389 g/mol. The first-order chi connectivity index (χ1) is 14.5. The van der Waals surface area contributed by atoms with Crippen LogP contribution in [0.2, 0.25) is 0 Å². The number of nitrogens with zero attached hydrogens (tertiary/aromatic N) is 2. The lowest BCUT2D eigenvalue weighted by Gasteiger charge is -2.37. The summed E-state index contributed by atoms with van der Waals surface area (Å²) in [4.78, 5) is 27.6. The number of benzene rings is 2. The number of halogens is 1. The average Bonchev–Trinajstić information content (AvgIpc) is 2.79. The van der Waals surface area contributed by atoms with Crippen LogP contribution in [0.1, 0.15) is 0 Å². The Morgan fingerprint density at radius 1 is 0.933 bits per heavy atom.